The van der Waals surface area contributed by atoms with E-state index in [2.05, 4.69) is 5.32 Å². The van der Waals surface area contributed by atoms with Gasteiger partial charge in [-0.1, -0.05) is 30.3 Å². The third-order valence-corrected chi connectivity index (χ3v) is 2.97. The Hall–Kier alpha value is -2.53. The summed E-state index contributed by atoms with van der Waals surface area (Å²) in [5.74, 6) is -1.17. The van der Waals surface area contributed by atoms with Crippen molar-refractivity contribution in [3.8, 4) is 11.5 Å². The lowest BCUT2D eigenvalue weighted by Gasteiger charge is -2.08. The molecule has 0 atom stereocenters. The number of carbonyl (C=O) groups excluding carboxylic acids is 1. The van der Waals surface area contributed by atoms with Gasteiger partial charge in [0, 0.05) is 13.1 Å². The number of carbonyl (C=O) groups is 1. The molecule has 1 amide bonds. The molecule has 2 aromatic carbocycles. The lowest BCUT2D eigenvalue weighted by atomic mass is 10.1. The normalized spacial score (nSPS) is 10.2. The van der Waals surface area contributed by atoms with Crippen molar-refractivity contribution in [2.45, 2.75) is 13.1 Å². The quantitative estimate of drug-likeness (QED) is 0.634. The minimum Gasteiger partial charge on any atom is -0.504 e. The highest BCUT2D eigenvalue weighted by Crippen LogP contribution is 2.27. The van der Waals surface area contributed by atoms with Gasteiger partial charge in [0.1, 0.15) is 0 Å². The van der Waals surface area contributed by atoms with E-state index in [9.17, 15) is 15.0 Å². The van der Waals surface area contributed by atoms with E-state index in [0.717, 1.165) is 11.1 Å². The molecule has 0 radical (unpaired) electrons. The van der Waals surface area contributed by atoms with Gasteiger partial charge in [-0.2, -0.15) is 0 Å². The van der Waals surface area contributed by atoms with E-state index in [1.807, 2.05) is 24.3 Å². The first-order valence-corrected chi connectivity index (χ1v) is 6.19. The maximum atomic E-state index is 11.9. The van der Waals surface area contributed by atoms with Crippen LogP contribution in [0.4, 0.5) is 0 Å². The first-order chi connectivity index (χ1) is 9.61. The average Bonchev–Trinajstić information content (AvgIpc) is 2.48. The van der Waals surface area contributed by atoms with Crippen LogP contribution in [0.25, 0.3) is 0 Å². The Bertz CT molecular complexity index is 609. The number of rotatable bonds is 4. The number of hydrogen-bond acceptors (Lipinski definition) is 4. The fourth-order valence-electron chi connectivity index (χ4n) is 1.79. The fourth-order valence-corrected chi connectivity index (χ4v) is 1.79. The van der Waals surface area contributed by atoms with Gasteiger partial charge in [0.2, 0.25) is 0 Å². The highest BCUT2D eigenvalue weighted by atomic mass is 16.3. The van der Waals surface area contributed by atoms with Crippen LogP contribution in [0.3, 0.4) is 0 Å². The van der Waals surface area contributed by atoms with E-state index in [0.29, 0.717) is 13.1 Å². The van der Waals surface area contributed by atoms with Gasteiger partial charge in [0.05, 0.1) is 5.56 Å². The molecule has 5 heteroatoms. The van der Waals surface area contributed by atoms with E-state index >= 15 is 0 Å². The smallest absolute Gasteiger partial charge is 0.255 e. The lowest BCUT2D eigenvalue weighted by Crippen LogP contribution is -2.22. The molecule has 0 aliphatic heterocycles. The number of phenols is 2. The third-order valence-electron chi connectivity index (χ3n) is 2.97. The van der Waals surface area contributed by atoms with Gasteiger partial charge in [0.25, 0.3) is 5.91 Å². The summed E-state index contributed by atoms with van der Waals surface area (Å²) in [6.07, 6.45) is 0. The molecular formula is C15H16N2O3. The SMILES string of the molecule is NCc1ccc(CNC(=O)c2cccc(O)c2O)cc1. The van der Waals surface area contributed by atoms with Crippen molar-refractivity contribution in [3.05, 3.63) is 59.2 Å². The van der Waals surface area contributed by atoms with Crippen molar-refractivity contribution < 1.29 is 15.0 Å². The number of aromatic hydroxyl groups is 2. The summed E-state index contributed by atoms with van der Waals surface area (Å²) < 4.78 is 0. The Morgan fingerprint density at radius 1 is 1.05 bits per heavy atom. The maximum Gasteiger partial charge on any atom is 0.255 e. The number of benzene rings is 2. The van der Waals surface area contributed by atoms with Gasteiger partial charge in [-0.25, -0.2) is 0 Å². The molecule has 0 aromatic heterocycles. The van der Waals surface area contributed by atoms with Crippen molar-refractivity contribution in [1.82, 2.24) is 5.32 Å². The number of nitrogens with two attached hydrogens (primary N) is 1. The van der Waals surface area contributed by atoms with Crippen LogP contribution in [0.1, 0.15) is 21.5 Å². The molecule has 0 unspecified atom stereocenters. The van der Waals surface area contributed by atoms with Crippen molar-refractivity contribution in [2.75, 3.05) is 0 Å². The highest BCUT2D eigenvalue weighted by molar-refractivity contribution is 5.97. The second-order valence-corrected chi connectivity index (χ2v) is 4.38. The Labute approximate surface area is 116 Å². The Morgan fingerprint density at radius 2 is 1.70 bits per heavy atom. The van der Waals surface area contributed by atoms with Gasteiger partial charge in [-0.3, -0.25) is 4.79 Å². The number of nitrogens with one attached hydrogen (secondary N) is 1. The van der Waals surface area contributed by atoms with Crippen molar-refractivity contribution in [3.63, 3.8) is 0 Å². The van der Waals surface area contributed by atoms with Crippen LogP contribution >= 0.6 is 0 Å². The molecule has 2 rings (SSSR count). The number of phenolic OH excluding ortho intramolecular Hbond substituents is 2. The predicted octanol–water partition coefficient (Wildman–Crippen LogP) is 1.49. The first-order valence-electron chi connectivity index (χ1n) is 6.19. The minimum absolute atomic E-state index is 0.0450. The monoisotopic (exact) mass is 272 g/mol. The molecular weight excluding hydrogens is 256 g/mol. The molecule has 0 aliphatic carbocycles. The molecule has 104 valence electrons. The molecule has 0 saturated carbocycles. The standard InChI is InChI=1S/C15H16N2O3/c16-8-10-4-6-11(7-5-10)9-17-15(20)12-2-1-3-13(18)14(12)19/h1-7,18-19H,8-9,16H2,(H,17,20). The topological polar surface area (TPSA) is 95.6 Å². The predicted molar refractivity (Wildman–Crippen MR) is 75.3 cm³/mol. The number of para-hydroxylation sites is 1. The fraction of sp³-hybridized carbons (Fsp3) is 0.133. The van der Waals surface area contributed by atoms with Crippen LogP contribution < -0.4 is 11.1 Å². The van der Waals surface area contributed by atoms with E-state index in [1.54, 1.807) is 0 Å². The van der Waals surface area contributed by atoms with E-state index in [-0.39, 0.29) is 11.3 Å². The molecule has 0 saturated heterocycles. The first kappa shape index (κ1) is 13.9. The van der Waals surface area contributed by atoms with Crippen LogP contribution in [0, 0.1) is 0 Å². The van der Waals surface area contributed by atoms with Crippen molar-refractivity contribution >= 4 is 5.91 Å². The summed E-state index contributed by atoms with van der Waals surface area (Å²) in [4.78, 5) is 11.9. The van der Waals surface area contributed by atoms with Crippen molar-refractivity contribution in [1.29, 1.82) is 0 Å². The second-order valence-electron chi connectivity index (χ2n) is 4.38. The van der Waals surface area contributed by atoms with E-state index in [4.69, 9.17) is 5.73 Å². The summed E-state index contributed by atoms with van der Waals surface area (Å²) in [6.45, 7) is 0.808. The number of amides is 1. The summed E-state index contributed by atoms with van der Waals surface area (Å²) >= 11 is 0. The number of hydrogen-bond donors (Lipinski definition) is 4. The Morgan fingerprint density at radius 3 is 2.35 bits per heavy atom. The van der Waals surface area contributed by atoms with Crippen LogP contribution in [0.2, 0.25) is 0 Å². The van der Waals surface area contributed by atoms with E-state index < -0.39 is 11.7 Å². The zero-order chi connectivity index (χ0) is 14.5. The maximum absolute atomic E-state index is 11.9. The van der Waals surface area contributed by atoms with Gasteiger partial charge in [-0.15, -0.1) is 0 Å². The summed E-state index contributed by atoms with van der Waals surface area (Å²) in [5, 5.41) is 21.6. The van der Waals surface area contributed by atoms with Crippen LogP contribution in [0.15, 0.2) is 42.5 Å². The van der Waals surface area contributed by atoms with Gasteiger partial charge >= 0.3 is 0 Å². The Kier molecular flexibility index (Phi) is 4.22. The highest BCUT2D eigenvalue weighted by Gasteiger charge is 2.13. The van der Waals surface area contributed by atoms with Crippen LogP contribution in [0.5, 0.6) is 11.5 Å². The molecule has 5 nitrogen and oxygen atoms in total. The Balaban J connectivity index is 2.02. The van der Waals surface area contributed by atoms with Crippen molar-refractivity contribution in [2.24, 2.45) is 5.73 Å². The third kappa shape index (κ3) is 3.07. The summed E-state index contributed by atoms with van der Waals surface area (Å²) in [6, 6.07) is 11.8. The molecule has 0 aliphatic rings. The molecule has 0 fully saturated rings. The van der Waals surface area contributed by atoms with Crippen LogP contribution in [-0.4, -0.2) is 16.1 Å². The molecule has 0 heterocycles. The average molecular weight is 272 g/mol. The molecule has 0 spiro atoms. The van der Waals surface area contributed by atoms with Gasteiger partial charge < -0.3 is 21.3 Å². The van der Waals surface area contributed by atoms with Gasteiger partial charge in [0.15, 0.2) is 11.5 Å². The zero-order valence-corrected chi connectivity index (χ0v) is 10.8. The van der Waals surface area contributed by atoms with E-state index in [1.165, 1.54) is 18.2 Å². The zero-order valence-electron chi connectivity index (χ0n) is 10.8. The summed E-state index contributed by atoms with van der Waals surface area (Å²) in [5.41, 5.74) is 7.50. The molecule has 2 aromatic rings. The largest absolute Gasteiger partial charge is 0.504 e. The lowest BCUT2D eigenvalue weighted by molar-refractivity contribution is 0.0947. The van der Waals surface area contributed by atoms with Gasteiger partial charge in [-0.05, 0) is 23.3 Å². The second kappa shape index (κ2) is 6.08. The molecule has 0 bridgehead atoms. The molecule has 5 N–H and O–H groups in total. The van der Waals surface area contributed by atoms with Crippen LogP contribution in [-0.2, 0) is 13.1 Å². The minimum atomic E-state index is -0.443. The summed E-state index contributed by atoms with van der Waals surface area (Å²) in [7, 11) is 0. The molecule has 20 heavy (non-hydrogen) atoms.